The highest BCUT2D eigenvalue weighted by molar-refractivity contribution is 5.65. The molecule has 0 radical (unpaired) electrons. The molecular formula is C19H20FN3O. The first kappa shape index (κ1) is 15.1. The number of halogens is 1. The molecule has 0 bridgehead atoms. The Morgan fingerprint density at radius 3 is 3.08 bits per heavy atom. The molecule has 1 N–H and O–H groups in total. The van der Waals surface area contributed by atoms with Crippen LogP contribution in [0.15, 0.2) is 53.3 Å². The maximum Gasteiger partial charge on any atom is 0.123 e. The molecule has 2 aromatic heterocycles. The number of benzene rings is 1. The van der Waals surface area contributed by atoms with Crippen molar-refractivity contribution in [1.29, 1.82) is 0 Å². The molecule has 0 saturated carbocycles. The monoisotopic (exact) mass is 325 g/mol. The number of aromatic nitrogens is 2. The third-order valence-corrected chi connectivity index (χ3v) is 4.68. The van der Waals surface area contributed by atoms with E-state index in [0.717, 1.165) is 55.1 Å². The average molecular weight is 325 g/mol. The second-order valence-corrected chi connectivity index (χ2v) is 6.36. The third-order valence-electron chi connectivity index (χ3n) is 4.68. The molecule has 1 aliphatic heterocycles. The van der Waals surface area contributed by atoms with Gasteiger partial charge in [-0.15, -0.1) is 0 Å². The molecular weight excluding hydrogens is 305 g/mol. The molecule has 4 nitrogen and oxygen atoms in total. The maximum atomic E-state index is 13.6. The van der Waals surface area contributed by atoms with Crippen molar-refractivity contribution >= 4 is 0 Å². The fourth-order valence-electron chi connectivity index (χ4n) is 3.55. The van der Waals surface area contributed by atoms with Gasteiger partial charge in [0.2, 0.25) is 0 Å². The number of likely N-dealkylation sites (tertiary alicyclic amines) is 1. The van der Waals surface area contributed by atoms with Crippen molar-refractivity contribution in [3.05, 3.63) is 66.1 Å². The molecule has 1 saturated heterocycles. The number of nitrogens with one attached hydrogen (secondary N) is 1. The van der Waals surface area contributed by atoms with Crippen LogP contribution in [-0.4, -0.2) is 28.2 Å². The van der Waals surface area contributed by atoms with Crippen molar-refractivity contribution in [3.63, 3.8) is 0 Å². The minimum Gasteiger partial charge on any atom is -0.468 e. The van der Waals surface area contributed by atoms with E-state index in [4.69, 9.17) is 4.42 Å². The van der Waals surface area contributed by atoms with Crippen LogP contribution in [-0.2, 0) is 6.54 Å². The standard InChI is InChI=1S/C19H20FN3O/c20-16-6-1-4-14(10-16)18-11-21-22-19(18)15-5-2-8-23(12-15)13-17-7-3-9-24-17/h1,3-4,6-7,9-11,15H,2,5,8,12-13H2,(H,21,22)/t15-/m1/s1. The molecule has 0 amide bonds. The Morgan fingerprint density at radius 2 is 2.25 bits per heavy atom. The number of rotatable bonds is 4. The van der Waals surface area contributed by atoms with Crippen LogP contribution < -0.4 is 0 Å². The number of nitrogens with zero attached hydrogens (tertiary/aromatic N) is 2. The summed E-state index contributed by atoms with van der Waals surface area (Å²) in [5.41, 5.74) is 2.98. The van der Waals surface area contributed by atoms with Gasteiger partial charge < -0.3 is 4.42 Å². The van der Waals surface area contributed by atoms with E-state index in [0.29, 0.717) is 5.92 Å². The van der Waals surface area contributed by atoms with Gasteiger partial charge in [0.25, 0.3) is 0 Å². The largest absolute Gasteiger partial charge is 0.468 e. The highest BCUT2D eigenvalue weighted by atomic mass is 19.1. The Kier molecular flexibility index (Phi) is 4.17. The molecule has 1 atom stereocenters. The van der Waals surface area contributed by atoms with Crippen molar-refractivity contribution in [2.75, 3.05) is 13.1 Å². The van der Waals surface area contributed by atoms with E-state index < -0.39 is 0 Å². The molecule has 0 spiro atoms. The van der Waals surface area contributed by atoms with Gasteiger partial charge in [0.1, 0.15) is 11.6 Å². The first-order valence-electron chi connectivity index (χ1n) is 8.33. The Labute approximate surface area is 140 Å². The predicted octanol–water partition coefficient (Wildman–Crippen LogP) is 4.19. The van der Waals surface area contributed by atoms with E-state index in [1.165, 1.54) is 6.07 Å². The Bertz CT molecular complexity index is 797. The van der Waals surface area contributed by atoms with Crippen molar-refractivity contribution in [2.45, 2.75) is 25.3 Å². The average Bonchev–Trinajstić information content (AvgIpc) is 3.26. The fourth-order valence-corrected chi connectivity index (χ4v) is 3.55. The van der Waals surface area contributed by atoms with E-state index in [9.17, 15) is 4.39 Å². The van der Waals surface area contributed by atoms with E-state index >= 15 is 0 Å². The second-order valence-electron chi connectivity index (χ2n) is 6.36. The van der Waals surface area contributed by atoms with Crippen molar-refractivity contribution in [1.82, 2.24) is 15.1 Å². The number of H-pyrrole nitrogens is 1. The Balaban J connectivity index is 1.54. The Hall–Kier alpha value is -2.40. The van der Waals surface area contributed by atoms with Crippen LogP contribution in [0.5, 0.6) is 0 Å². The smallest absolute Gasteiger partial charge is 0.123 e. The van der Waals surface area contributed by atoms with Gasteiger partial charge in [-0.2, -0.15) is 5.10 Å². The van der Waals surface area contributed by atoms with E-state index in [2.05, 4.69) is 15.1 Å². The number of aromatic amines is 1. The number of furan rings is 1. The quantitative estimate of drug-likeness (QED) is 0.782. The van der Waals surface area contributed by atoms with Gasteiger partial charge in [0, 0.05) is 23.7 Å². The Morgan fingerprint density at radius 1 is 1.29 bits per heavy atom. The zero-order valence-electron chi connectivity index (χ0n) is 13.4. The van der Waals surface area contributed by atoms with Crippen LogP contribution in [0, 0.1) is 5.82 Å². The van der Waals surface area contributed by atoms with Gasteiger partial charge in [-0.3, -0.25) is 10.00 Å². The molecule has 3 heterocycles. The van der Waals surface area contributed by atoms with Gasteiger partial charge in [0.15, 0.2) is 0 Å². The summed E-state index contributed by atoms with van der Waals surface area (Å²) in [5, 5.41) is 7.37. The molecule has 1 aliphatic rings. The normalized spacial score (nSPS) is 18.8. The zero-order chi connectivity index (χ0) is 16.4. The maximum absolute atomic E-state index is 13.6. The van der Waals surface area contributed by atoms with Gasteiger partial charge in [-0.1, -0.05) is 12.1 Å². The summed E-state index contributed by atoms with van der Waals surface area (Å²) in [6.45, 7) is 2.85. The second kappa shape index (κ2) is 6.61. The lowest BCUT2D eigenvalue weighted by molar-refractivity contribution is 0.185. The van der Waals surface area contributed by atoms with E-state index in [1.807, 2.05) is 18.2 Å². The molecule has 1 aromatic carbocycles. The number of piperidine rings is 1. The molecule has 4 rings (SSSR count). The number of hydrogen-bond acceptors (Lipinski definition) is 3. The first-order valence-corrected chi connectivity index (χ1v) is 8.33. The highest BCUT2D eigenvalue weighted by Gasteiger charge is 2.25. The highest BCUT2D eigenvalue weighted by Crippen LogP contribution is 2.33. The summed E-state index contributed by atoms with van der Waals surface area (Å²) in [5.74, 6) is 1.14. The van der Waals surface area contributed by atoms with Gasteiger partial charge in [-0.25, -0.2) is 4.39 Å². The van der Waals surface area contributed by atoms with E-state index in [1.54, 1.807) is 24.6 Å². The molecule has 124 valence electrons. The minimum absolute atomic E-state index is 0.220. The van der Waals surface area contributed by atoms with Gasteiger partial charge >= 0.3 is 0 Å². The molecule has 0 unspecified atom stereocenters. The SMILES string of the molecule is Fc1cccc(-c2cn[nH]c2[C@@H]2CCCN(Cc3ccco3)C2)c1. The molecule has 5 heteroatoms. The lowest BCUT2D eigenvalue weighted by Gasteiger charge is -2.32. The van der Waals surface area contributed by atoms with Crippen LogP contribution in [0.3, 0.4) is 0 Å². The third kappa shape index (κ3) is 3.12. The lowest BCUT2D eigenvalue weighted by Crippen LogP contribution is -2.34. The lowest BCUT2D eigenvalue weighted by atomic mass is 9.90. The molecule has 0 aliphatic carbocycles. The number of hydrogen-bond donors (Lipinski definition) is 1. The van der Waals surface area contributed by atoms with E-state index in [-0.39, 0.29) is 5.82 Å². The molecule has 1 fully saturated rings. The van der Waals surface area contributed by atoms with Crippen LogP contribution in [0.4, 0.5) is 4.39 Å². The minimum atomic E-state index is -0.220. The topological polar surface area (TPSA) is 45.1 Å². The predicted molar refractivity (Wildman–Crippen MR) is 89.9 cm³/mol. The summed E-state index contributed by atoms with van der Waals surface area (Å²) < 4.78 is 19.0. The van der Waals surface area contributed by atoms with Crippen molar-refractivity contribution < 1.29 is 8.81 Å². The van der Waals surface area contributed by atoms with Crippen LogP contribution in [0.2, 0.25) is 0 Å². The molecule has 3 aromatic rings. The fraction of sp³-hybridized carbons (Fsp3) is 0.316. The molecule has 24 heavy (non-hydrogen) atoms. The summed E-state index contributed by atoms with van der Waals surface area (Å²) in [7, 11) is 0. The van der Waals surface area contributed by atoms with Gasteiger partial charge in [-0.05, 0) is 49.2 Å². The zero-order valence-corrected chi connectivity index (χ0v) is 13.4. The van der Waals surface area contributed by atoms with Crippen molar-refractivity contribution in [2.24, 2.45) is 0 Å². The summed E-state index contributed by atoms with van der Waals surface area (Å²) in [6, 6.07) is 10.6. The van der Waals surface area contributed by atoms with Crippen LogP contribution >= 0.6 is 0 Å². The van der Waals surface area contributed by atoms with Crippen LogP contribution in [0.25, 0.3) is 11.1 Å². The van der Waals surface area contributed by atoms with Crippen molar-refractivity contribution in [3.8, 4) is 11.1 Å². The first-order chi connectivity index (χ1) is 11.8. The van der Waals surface area contributed by atoms with Gasteiger partial charge in [0.05, 0.1) is 19.0 Å². The summed E-state index contributed by atoms with van der Waals surface area (Å²) in [4.78, 5) is 2.41. The summed E-state index contributed by atoms with van der Waals surface area (Å²) >= 11 is 0. The van der Waals surface area contributed by atoms with Crippen LogP contribution in [0.1, 0.15) is 30.2 Å². The summed E-state index contributed by atoms with van der Waals surface area (Å²) in [6.07, 6.45) is 5.76.